The van der Waals surface area contributed by atoms with Gasteiger partial charge in [0.2, 0.25) is 0 Å². The number of hydrogen-bond acceptors (Lipinski definition) is 5. The predicted octanol–water partition coefficient (Wildman–Crippen LogP) is 5.17. The number of nitrogens with zero attached hydrogens (tertiary/aromatic N) is 1. The Bertz CT molecular complexity index is 839. The van der Waals surface area contributed by atoms with Crippen LogP contribution in [0.1, 0.15) is 15.9 Å². The summed E-state index contributed by atoms with van der Waals surface area (Å²) in [6.45, 7) is 0.823. The van der Waals surface area contributed by atoms with E-state index in [1.54, 1.807) is 35.7 Å². The average Bonchev–Trinajstić information content (AvgIpc) is 3.14. The first-order valence-electron chi connectivity index (χ1n) is 7.96. The lowest BCUT2D eigenvalue weighted by atomic mass is 10.1. The SMILES string of the molecule is O=C(Nc1ccc(OC(F)(F)F)cc1)c1ccccc1CSC1=NCCS1. The van der Waals surface area contributed by atoms with Gasteiger partial charge in [-0.2, -0.15) is 0 Å². The molecule has 0 bridgehead atoms. The third-order valence-corrected chi connectivity index (χ3v) is 5.82. The Morgan fingerprint density at radius 2 is 1.93 bits per heavy atom. The molecule has 1 heterocycles. The molecule has 1 aliphatic rings. The summed E-state index contributed by atoms with van der Waals surface area (Å²) >= 11 is 3.30. The van der Waals surface area contributed by atoms with E-state index in [-0.39, 0.29) is 11.7 Å². The fraction of sp³-hybridized carbons (Fsp3) is 0.222. The van der Waals surface area contributed by atoms with Crippen LogP contribution in [0.5, 0.6) is 5.75 Å². The van der Waals surface area contributed by atoms with Gasteiger partial charge in [0, 0.05) is 22.8 Å². The second kappa shape index (κ2) is 8.71. The van der Waals surface area contributed by atoms with Crippen LogP contribution in [0, 0.1) is 0 Å². The van der Waals surface area contributed by atoms with Gasteiger partial charge in [-0.3, -0.25) is 9.79 Å². The number of hydrogen-bond donors (Lipinski definition) is 1. The first-order valence-corrected chi connectivity index (χ1v) is 9.93. The number of nitrogens with one attached hydrogen (secondary N) is 1. The van der Waals surface area contributed by atoms with Gasteiger partial charge in [-0.1, -0.05) is 41.7 Å². The zero-order valence-electron chi connectivity index (χ0n) is 14.0. The number of rotatable bonds is 5. The third kappa shape index (κ3) is 5.93. The molecule has 1 N–H and O–H groups in total. The zero-order valence-corrected chi connectivity index (χ0v) is 15.6. The summed E-state index contributed by atoms with van der Waals surface area (Å²) in [6.07, 6.45) is -4.75. The van der Waals surface area contributed by atoms with Gasteiger partial charge >= 0.3 is 6.36 Å². The fourth-order valence-corrected chi connectivity index (χ4v) is 4.36. The molecule has 0 radical (unpaired) electrons. The lowest BCUT2D eigenvalue weighted by Crippen LogP contribution is -2.17. The molecule has 3 rings (SSSR count). The highest BCUT2D eigenvalue weighted by atomic mass is 32.2. The molecule has 0 aliphatic carbocycles. The van der Waals surface area contributed by atoms with Crippen molar-refractivity contribution in [3.05, 3.63) is 59.7 Å². The predicted molar refractivity (Wildman–Crippen MR) is 104 cm³/mol. The van der Waals surface area contributed by atoms with Gasteiger partial charge in [0.05, 0.1) is 6.54 Å². The maximum absolute atomic E-state index is 12.6. The summed E-state index contributed by atoms with van der Waals surface area (Å²) < 4.78 is 41.4. The summed E-state index contributed by atoms with van der Waals surface area (Å²) in [5.74, 6) is 0.940. The molecule has 0 atom stereocenters. The van der Waals surface area contributed by atoms with E-state index in [4.69, 9.17) is 0 Å². The van der Waals surface area contributed by atoms with Crippen molar-refractivity contribution in [3.63, 3.8) is 0 Å². The standard InChI is InChI=1S/C18H15F3N2O2S2/c19-18(20,21)25-14-7-5-13(6-8-14)23-16(24)15-4-2-1-3-12(15)11-27-17-22-9-10-26-17/h1-8H,9-11H2,(H,23,24). The molecule has 27 heavy (non-hydrogen) atoms. The Morgan fingerprint density at radius 3 is 2.59 bits per heavy atom. The van der Waals surface area contributed by atoms with E-state index in [9.17, 15) is 18.0 Å². The minimum Gasteiger partial charge on any atom is -0.406 e. The van der Waals surface area contributed by atoms with Crippen LogP contribution in [-0.2, 0) is 5.75 Å². The average molecular weight is 412 g/mol. The number of amides is 1. The Balaban J connectivity index is 1.65. The van der Waals surface area contributed by atoms with Crippen LogP contribution in [0.3, 0.4) is 0 Å². The van der Waals surface area contributed by atoms with Gasteiger partial charge in [0.15, 0.2) is 0 Å². The number of halogens is 3. The van der Waals surface area contributed by atoms with Gasteiger partial charge in [0.1, 0.15) is 10.1 Å². The summed E-state index contributed by atoms with van der Waals surface area (Å²) in [4.78, 5) is 17.0. The number of benzene rings is 2. The molecule has 1 aliphatic heterocycles. The van der Waals surface area contributed by atoms with Gasteiger partial charge in [0.25, 0.3) is 5.91 Å². The van der Waals surface area contributed by atoms with Gasteiger partial charge in [-0.25, -0.2) is 0 Å². The summed E-state index contributed by atoms with van der Waals surface area (Å²) in [7, 11) is 0. The van der Waals surface area contributed by atoms with Crippen molar-refractivity contribution in [3.8, 4) is 5.75 Å². The number of ether oxygens (including phenoxy) is 1. The minimum atomic E-state index is -4.75. The molecule has 0 saturated carbocycles. The Hall–Kier alpha value is -2.13. The smallest absolute Gasteiger partial charge is 0.406 e. The van der Waals surface area contributed by atoms with Gasteiger partial charge in [-0.05, 0) is 35.9 Å². The minimum absolute atomic E-state index is 0.322. The first kappa shape index (κ1) is 19.6. The van der Waals surface area contributed by atoms with Crippen molar-refractivity contribution in [2.24, 2.45) is 4.99 Å². The quantitative estimate of drug-likeness (QED) is 0.736. The van der Waals surface area contributed by atoms with E-state index < -0.39 is 6.36 Å². The highest BCUT2D eigenvalue weighted by Crippen LogP contribution is 2.27. The molecule has 0 aromatic heterocycles. The highest BCUT2D eigenvalue weighted by molar-refractivity contribution is 8.38. The Morgan fingerprint density at radius 1 is 1.19 bits per heavy atom. The van der Waals surface area contributed by atoms with Crippen molar-refractivity contribution >= 4 is 39.5 Å². The molecule has 2 aromatic rings. The molecule has 0 unspecified atom stereocenters. The van der Waals surface area contributed by atoms with Gasteiger partial charge < -0.3 is 10.1 Å². The van der Waals surface area contributed by atoms with E-state index in [1.807, 2.05) is 12.1 Å². The molecule has 0 saturated heterocycles. The maximum Gasteiger partial charge on any atom is 0.573 e. The summed E-state index contributed by atoms with van der Waals surface area (Å²) in [6, 6.07) is 12.3. The van der Waals surface area contributed by atoms with Crippen LogP contribution in [-0.4, -0.2) is 28.9 Å². The Kier molecular flexibility index (Phi) is 6.33. The third-order valence-electron chi connectivity index (χ3n) is 3.52. The van der Waals surface area contributed by atoms with Crippen molar-refractivity contribution in [1.29, 1.82) is 0 Å². The van der Waals surface area contributed by atoms with E-state index >= 15 is 0 Å². The van der Waals surface area contributed by atoms with Crippen LogP contribution < -0.4 is 10.1 Å². The van der Waals surface area contributed by atoms with Gasteiger partial charge in [-0.15, -0.1) is 13.2 Å². The number of anilines is 1. The molecular weight excluding hydrogens is 397 g/mol. The van der Waals surface area contributed by atoms with E-state index in [0.717, 1.165) is 34.4 Å². The number of thioether (sulfide) groups is 2. The highest BCUT2D eigenvalue weighted by Gasteiger charge is 2.31. The van der Waals surface area contributed by atoms with Crippen LogP contribution >= 0.6 is 23.5 Å². The summed E-state index contributed by atoms with van der Waals surface area (Å²) in [5, 5.41) is 2.70. The van der Waals surface area contributed by atoms with E-state index in [2.05, 4.69) is 15.0 Å². The van der Waals surface area contributed by atoms with Crippen molar-refractivity contribution in [1.82, 2.24) is 0 Å². The molecule has 9 heteroatoms. The largest absolute Gasteiger partial charge is 0.573 e. The second-order valence-corrected chi connectivity index (χ2v) is 7.77. The van der Waals surface area contributed by atoms with Crippen LogP contribution in [0.2, 0.25) is 0 Å². The van der Waals surface area contributed by atoms with E-state index in [0.29, 0.717) is 17.0 Å². The first-order chi connectivity index (χ1) is 12.9. The number of alkyl halides is 3. The fourth-order valence-electron chi connectivity index (χ4n) is 2.35. The monoisotopic (exact) mass is 412 g/mol. The zero-order chi connectivity index (χ0) is 19.3. The number of carbonyl (C=O) groups is 1. The number of aliphatic imine (C=N–C) groups is 1. The topological polar surface area (TPSA) is 50.7 Å². The normalized spacial score (nSPS) is 14.0. The second-order valence-electron chi connectivity index (χ2n) is 5.47. The van der Waals surface area contributed by atoms with Crippen molar-refractivity contribution in [2.45, 2.75) is 12.1 Å². The lowest BCUT2D eigenvalue weighted by Gasteiger charge is -2.11. The summed E-state index contributed by atoms with van der Waals surface area (Å²) in [5.41, 5.74) is 1.77. The lowest BCUT2D eigenvalue weighted by molar-refractivity contribution is -0.274. The molecule has 142 valence electrons. The molecule has 0 fully saturated rings. The van der Waals surface area contributed by atoms with E-state index in [1.165, 1.54) is 12.1 Å². The molecule has 0 spiro atoms. The Labute approximate surface area is 162 Å². The van der Waals surface area contributed by atoms with Crippen LogP contribution in [0.4, 0.5) is 18.9 Å². The van der Waals surface area contributed by atoms with Crippen LogP contribution in [0.15, 0.2) is 53.5 Å². The maximum atomic E-state index is 12.6. The van der Waals surface area contributed by atoms with Crippen molar-refractivity contribution in [2.75, 3.05) is 17.6 Å². The number of carbonyl (C=O) groups excluding carboxylic acids is 1. The van der Waals surface area contributed by atoms with Crippen LogP contribution in [0.25, 0.3) is 0 Å². The molecule has 2 aromatic carbocycles. The molecule has 4 nitrogen and oxygen atoms in total. The van der Waals surface area contributed by atoms with Crippen molar-refractivity contribution < 1.29 is 22.7 Å². The molecular formula is C18H15F3N2O2S2. The molecule has 1 amide bonds.